The van der Waals surface area contributed by atoms with Gasteiger partial charge in [0.05, 0.1) is 24.9 Å². The Kier molecular flexibility index (Phi) is 7.11. The van der Waals surface area contributed by atoms with Crippen LogP contribution in [0.5, 0.6) is 11.5 Å². The molecule has 180 valence electrons. The zero-order valence-electron chi connectivity index (χ0n) is 20.4. The smallest absolute Gasteiger partial charge is 0.124 e. The van der Waals surface area contributed by atoms with Gasteiger partial charge >= 0.3 is 0 Å². The van der Waals surface area contributed by atoms with Crippen LogP contribution in [0.4, 0.5) is 11.4 Å². The van der Waals surface area contributed by atoms with Crippen LogP contribution < -0.4 is 14.4 Å². The third kappa shape index (κ3) is 4.89. The average Bonchev–Trinajstić information content (AvgIpc) is 3.06. The molecule has 3 aromatic rings. The van der Waals surface area contributed by atoms with Crippen molar-refractivity contribution < 1.29 is 9.47 Å². The summed E-state index contributed by atoms with van der Waals surface area (Å²) in [5, 5.41) is 2.97. The fourth-order valence-corrected chi connectivity index (χ4v) is 4.96. The van der Waals surface area contributed by atoms with Crippen LogP contribution in [0.2, 0.25) is 5.02 Å². The van der Waals surface area contributed by atoms with Gasteiger partial charge in [0.1, 0.15) is 11.5 Å². The van der Waals surface area contributed by atoms with E-state index in [9.17, 15) is 0 Å². The molecule has 0 amide bonds. The molecule has 0 atom stereocenters. The number of nitrogens with zero attached hydrogens (tertiary/aromatic N) is 1. The molecule has 0 bridgehead atoms. The van der Waals surface area contributed by atoms with Gasteiger partial charge in [-0.25, -0.2) is 0 Å². The second-order valence-corrected chi connectivity index (χ2v) is 9.07. The fraction of sp³-hybridized carbons (Fsp3) is 0.125. The maximum absolute atomic E-state index is 6.91. The van der Waals surface area contributed by atoms with Gasteiger partial charge in [-0.2, -0.15) is 0 Å². The molecule has 2 aliphatic rings. The number of ether oxygens (including phenoxy) is 2. The topological polar surface area (TPSA) is 21.7 Å². The van der Waals surface area contributed by atoms with Crippen molar-refractivity contribution in [2.24, 2.45) is 0 Å². The van der Waals surface area contributed by atoms with E-state index in [1.54, 1.807) is 14.2 Å². The summed E-state index contributed by atoms with van der Waals surface area (Å²) in [5.74, 6) is 1.67. The molecule has 0 saturated carbocycles. The maximum Gasteiger partial charge on any atom is 0.124 e. The third-order valence-electron chi connectivity index (χ3n) is 6.50. The van der Waals surface area contributed by atoms with Crippen LogP contribution in [0, 0.1) is 0 Å². The highest BCUT2D eigenvalue weighted by Gasteiger charge is 2.26. The van der Waals surface area contributed by atoms with Gasteiger partial charge in [0.2, 0.25) is 0 Å². The molecule has 36 heavy (non-hydrogen) atoms. The van der Waals surface area contributed by atoms with E-state index in [-0.39, 0.29) is 0 Å². The zero-order chi connectivity index (χ0) is 24.9. The van der Waals surface area contributed by atoms with Gasteiger partial charge < -0.3 is 14.4 Å². The number of rotatable bonds is 3. The summed E-state index contributed by atoms with van der Waals surface area (Å²) in [6, 6.07) is 16.5. The molecular weight excluding hydrogens is 466 g/mol. The lowest BCUT2D eigenvalue weighted by molar-refractivity contribution is 0.411. The quantitative estimate of drug-likeness (QED) is 0.366. The third-order valence-corrected chi connectivity index (χ3v) is 6.81. The maximum atomic E-state index is 6.91. The first-order chi connectivity index (χ1) is 17.7. The molecule has 1 heterocycles. The van der Waals surface area contributed by atoms with E-state index in [0.29, 0.717) is 18.0 Å². The van der Waals surface area contributed by atoms with Gasteiger partial charge in [-0.1, -0.05) is 84.5 Å². The van der Waals surface area contributed by atoms with Crippen LogP contribution in [0.1, 0.15) is 5.56 Å². The molecule has 0 unspecified atom stereocenters. The number of methoxy groups -OCH3 is 2. The molecule has 3 aromatic carbocycles. The van der Waals surface area contributed by atoms with Crippen molar-refractivity contribution in [2.75, 3.05) is 25.7 Å². The largest absolute Gasteiger partial charge is 0.497 e. The van der Waals surface area contributed by atoms with Crippen LogP contribution in [0.25, 0.3) is 10.8 Å². The molecule has 0 fully saturated rings. The predicted molar refractivity (Wildman–Crippen MR) is 152 cm³/mol. The van der Waals surface area contributed by atoms with E-state index in [0.717, 1.165) is 39.2 Å². The molecule has 0 saturated heterocycles. The highest BCUT2D eigenvalue weighted by molar-refractivity contribution is 6.33. The minimum absolute atomic E-state index is 0.666. The Hall–Kier alpha value is -3.95. The van der Waals surface area contributed by atoms with Crippen molar-refractivity contribution in [3.8, 4) is 11.5 Å². The Morgan fingerprint density at radius 2 is 1.39 bits per heavy atom. The summed E-state index contributed by atoms with van der Waals surface area (Å²) in [5.41, 5.74) is 5.55. The Balaban J connectivity index is 1.71. The molecule has 0 aromatic heterocycles. The zero-order valence-corrected chi connectivity index (χ0v) is 21.2. The van der Waals surface area contributed by atoms with Crippen LogP contribution in [-0.2, 0) is 6.42 Å². The van der Waals surface area contributed by atoms with Crippen molar-refractivity contribution in [1.29, 1.82) is 0 Å². The molecule has 5 rings (SSSR count). The predicted octanol–water partition coefficient (Wildman–Crippen LogP) is 8.30. The Bertz CT molecular complexity index is 1470. The van der Waals surface area contributed by atoms with E-state index >= 15 is 0 Å². The van der Waals surface area contributed by atoms with E-state index in [2.05, 4.69) is 71.7 Å². The van der Waals surface area contributed by atoms with Crippen LogP contribution in [0.3, 0.4) is 0 Å². The normalized spacial score (nSPS) is 19.7. The second-order valence-electron chi connectivity index (χ2n) is 8.66. The Morgan fingerprint density at radius 3 is 2.11 bits per heavy atom. The standard InChI is InChI=1S/C32H28ClNO2/c1-35-28-16-14-23-13-15-27(19-26(23)20-28)34-22-25-12-10-8-6-4-3-5-7-9-11-24(25)21-29-31(36-2)18-17-30(33)32(29)34/h3-20H,21-22H2,1-2H3/b4-3-,5-3?,6-4?,7-5-,8-6-,9-7?,10-8?,11-9-,12-10-,24-11?,25-12?. The minimum Gasteiger partial charge on any atom is -0.497 e. The number of benzene rings is 3. The molecule has 0 spiro atoms. The highest BCUT2D eigenvalue weighted by atomic mass is 35.5. The second kappa shape index (κ2) is 10.8. The van der Waals surface area contributed by atoms with Crippen LogP contribution in [0.15, 0.2) is 120 Å². The summed E-state index contributed by atoms with van der Waals surface area (Å²) in [6.45, 7) is 0.666. The fourth-order valence-electron chi connectivity index (χ4n) is 4.68. The molecule has 1 aliphatic heterocycles. The lowest BCUT2D eigenvalue weighted by atomic mass is 9.98. The molecule has 1 aliphatic carbocycles. The highest BCUT2D eigenvalue weighted by Crippen LogP contribution is 2.44. The van der Waals surface area contributed by atoms with Gasteiger partial charge in [0.25, 0.3) is 0 Å². The number of halogens is 1. The van der Waals surface area contributed by atoms with Gasteiger partial charge in [0.15, 0.2) is 0 Å². The van der Waals surface area contributed by atoms with Crippen LogP contribution in [-0.4, -0.2) is 20.8 Å². The van der Waals surface area contributed by atoms with Gasteiger partial charge in [-0.3, -0.25) is 0 Å². The Morgan fingerprint density at radius 1 is 0.694 bits per heavy atom. The molecule has 4 heteroatoms. The Labute approximate surface area is 217 Å². The SMILES string of the molecule is COc1ccc2ccc(N3CC4=C(\C=C/C=C\C=C/C=C\C=C/4)Cc4c(OC)ccc(Cl)c43)cc2c1. The number of hydrogen-bond acceptors (Lipinski definition) is 3. The van der Waals surface area contributed by atoms with Crippen molar-refractivity contribution in [2.45, 2.75) is 6.42 Å². The van der Waals surface area contributed by atoms with Crippen molar-refractivity contribution in [3.63, 3.8) is 0 Å². The minimum atomic E-state index is 0.666. The van der Waals surface area contributed by atoms with Gasteiger partial charge in [0, 0.05) is 24.2 Å². The lowest BCUT2D eigenvalue weighted by Crippen LogP contribution is -2.20. The summed E-state index contributed by atoms with van der Waals surface area (Å²) >= 11 is 6.91. The number of allylic oxidation sites excluding steroid dienone is 10. The molecular formula is C32H28ClNO2. The summed E-state index contributed by atoms with van der Waals surface area (Å²) in [4.78, 5) is 2.30. The van der Waals surface area contributed by atoms with Crippen LogP contribution >= 0.6 is 11.6 Å². The number of hydrogen-bond donors (Lipinski definition) is 0. The van der Waals surface area contributed by atoms with Gasteiger partial charge in [-0.05, 0) is 58.3 Å². The summed E-state index contributed by atoms with van der Waals surface area (Å²) in [7, 11) is 3.41. The lowest BCUT2D eigenvalue weighted by Gasteiger charge is -2.28. The molecule has 3 nitrogen and oxygen atoms in total. The first-order valence-corrected chi connectivity index (χ1v) is 12.3. The van der Waals surface area contributed by atoms with E-state index in [1.807, 2.05) is 42.5 Å². The van der Waals surface area contributed by atoms with E-state index < -0.39 is 0 Å². The van der Waals surface area contributed by atoms with E-state index in [1.165, 1.54) is 11.1 Å². The average molecular weight is 494 g/mol. The van der Waals surface area contributed by atoms with E-state index in [4.69, 9.17) is 21.1 Å². The van der Waals surface area contributed by atoms with Gasteiger partial charge in [-0.15, -0.1) is 0 Å². The van der Waals surface area contributed by atoms with Crippen molar-refractivity contribution in [1.82, 2.24) is 0 Å². The summed E-state index contributed by atoms with van der Waals surface area (Å²) < 4.78 is 11.3. The monoisotopic (exact) mass is 493 g/mol. The molecule has 0 N–H and O–H groups in total. The summed E-state index contributed by atoms with van der Waals surface area (Å²) in [6.07, 6.45) is 21.5. The molecule has 0 radical (unpaired) electrons. The van der Waals surface area contributed by atoms with Crippen molar-refractivity contribution >= 4 is 33.7 Å². The number of fused-ring (bicyclic) bond motifs is 2. The first-order valence-electron chi connectivity index (χ1n) is 12.0. The number of anilines is 2. The first kappa shape index (κ1) is 23.8. The van der Waals surface area contributed by atoms with Crippen molar-refractivity contribution in [3.05, 3.63) is 131 Å².